The third-order valence-electron chi connectivity index (χ3n) is 3.61. The molecule has 9 heteroatoms. The zero-order valence-electron chi connectivity index (χ0n) is 13.9. The van der Waals surface area contributed by atoms with Crippen LogP contribution < -0.4 is 14.2 Å². The summed E-state index contributed by atoms with van der Waals surface area (Å²) in [5, 5.41) is 11.1. The summed E-state index contributed by atoms with van der Waals surface area (Å²) in [6, 6.07) is 9.88. The number of hydrogen-bond donors (Lipinski definition) is 1. The molecule has 2 aromatic carbocycles. The lowest BCUT2D eigenvalue weighted by Crippen LogP contribution is -2.27. The predicted molar refractivity (Wildman–Crippen MR) is 91.4 cm³/mol. The van der Waals surface area contributed by atoms with Gasteiger partial charge in [-0.05, 0) is 36.8 Å². The van der Waals surface area contributed by atoms with Crippen LogP contribution in [0.1, 0.15) is 18.5 Å². The van der Waals surface area contributed by atoms with Crippen LogP contribution in [0.15, 0.2) is 47.4 Å². The van der Waals surface area contributed by atoms with Crippen LogP contribution in [-0.4, -0.2) is 27.6 Å². The van der Waals surface area contributed by atoms with E-state index >= 15 is 0 Å². The van der Waals surface area contributed by atoms with E-state index in [4.69, 9.17) is 9.47 Å². The van der Waals surface area contributed by atoms with Gasteiger partial charge in [0.1, 0.15) is 5.75 Å². The van der Waals surface area contributed by atoms with Gasteiger partial charge in [0.25, 0.3) is 0 Å². The summed E-state index contributed by atoms with van der Waals surface area (Å²) in [6.45, 7) is 1.68. The summed E-state index contributed by atoms with van der Waals surface area (Å²) >= 11 is 0. The Labute approximate surface area is 145 Å². The molecule has 2 rings (SSSR count). The maximum absolute atomic E-state index is 12.5. The minimum Gasteiger partial charge on any atom is -0.497 e. The predicted octanol–water partition coefficient (Wildman–Crippen LogP) is 2.65. The highest BCUT2D eigenvalue weighted by Crippen LogP contribution is 2.30. The molecule has 0 saturated heterocycles. The van der Waals surface area contributed by atoms with Gasteiger partial charge in [-0.2, -0.15) is 0 Å². The molecule has 0 bridgehead atoms. The third kappa shape index (κ3) is 4.25. The van der Waals surface area contributed by atoms with Crippen LogP contribution >= 0.6 is 0 Å². The Bertz CT molecular complexity index is 865. The van der Waals surface area contributed by atoms with Gasteiger partial charge in [-0.25, -0.2) is 13.1 Å². The van der Waals surface area contributed by atoms with E-state index in [-0.39, 0.29) is 10.6 Å². The van der Waals surface area contributed by atoms with Gasteiger partial charge in [-0.3, -0.25) is 10.1 Å². The Balaban J connectivity index is 2.28. The molecule has 0 radical (unpaired) electrons. The molecule has 25 heavy (non-hydrogen) atoms. The normalized spacial score (nSPS) is 12.4. The standard InChI is InChI=1S/C16H18N2O6S/c1-11(12-4-6-13(23-2)7-5-12)17-25(21,22)14-8-9-16(24-3)15(10-14)18(19)20/h4-11,17H,1-3H3. The second-order valence-electron chi connectivity index (χ2n) is 5.21. The molecule has 0 spiro atoms. The van der Waals surface area contributed by atoms with Crippen LogP contribution in [-0.2, 0) is 10.0 Å². The number of methoxy groups -OCH3 is 2. The van der Waals surface area contributed by atoms with E-state index in [1.165, 1.54) is 26.4 Å². The fraction of sp³-hybridized carbons (Fsp3) is 0.250. The fourth-order valence-corrected chi connectivity index (χ4v) is 3.49. The molecular weight excluding hydrogens is 348 g/mol. The smallest absolute Gasteiger partial charge is 0.312 e. The molecule has 0 amide bonds. The Kier molecular flexibility index (Phi) is 5.60. The average molecular weight is 366 g/mol. The van der Waals surface area contributed by atoms with Crippen molar-refractivity contribution in [2.45, 2.75) is 17.9 Å². The van der Waals surface area contributed by atoms with Crippen LogP contribution in [0.4, 0.5) is 5.69 Å². The number of nitrogens with one attached hydrogen (secondary N) is 1. The highest BCUT2D eigenvalue weighted by molar-refractivity contribution is 7.89. The van der Waals surface area contributed by atoms with Crippen molar-refractivity contribution in [3.63, 3.8) is 0 Å². The molecule has 1 unspecified atom stereocenters. The van der Waals surface area contributed by atoms with E-state index in [1.807, 2.05) is 0 Å². The van der Waals surface area contributed by atoms with Crippen molar-refractivity contribution in [3.8, 4) is 11.5 Å². The number of rotatable bonds is 7. The average Bonchev–Trinajstić information content (AvgIpc) is 2.60. The van der Waals surface area contributed by atoms with Gasteiger partial charge < -0.3 is 9.47 Å². The molecule has 8 nitrogen and oxygen atoms in total. The number of hydrogen-bond acceptors (Lipinski definition) is 6. The Morgan fingerprint density at radius 2 is 1.72 bits per heavy atom. The van der Waals surface area contributed by atoms with E-state index in [1.54, 1.807) is 31.2 Å². The van der Waals surface area contributed by atoms with Crippen molar-refractivity contribution < 1.29 is 22.8 Å². The van der Waals surface area contributed by atoms with Crippen molar-refractivity contribution in [3.05, 3.63) is 58.1 Å². The quantitative estimate of drug-likeness (QED) is 0.596. The monoisotopic (exact) mass is 366 g/mol. The molecule has 1 N–H and O–H groups in total. The fourth-order valence-electron chi connectivity index (χ4n) is 2.24. The summed E-state index contributed by atoms with van der Waals surface area (Å²) in [6.07, 6.45) is 0. The minimum atomic E-state index is -3.95. The van der Waals surface area contributed by atoms with E-state index in [0.29, 0.717) is 5.75 Å². The maximum Gasteiger partial charge on any atom is 0.312 e. The first kappa shape index (κ1) is 18.7. The first-order chi connectivity index (χ1) is 11.8. The molecule has 0 fully saturated rings. The molecule has 0 aliphatic rings. The lowest BCUT2D eigenvalue weighted by atomic mass is 10.1. The first-order valence-electron chi connectivity index (χ1n) is 7.27. The van der Waals surface area contributed by atoms with Gasteiger partial charge in [0.2, 0.25) is 10.0 Å². The van der Waals surface area contributed by atoms with Gasteiger partial charge in [0.05, 0.1) is 24.0 Å². The number of benzene rings is 2. The van der Waals surface area contributed by atoms with Crippen LogP contribution in [0.2, 0.25) is 0 Å². The van der Waals surface area contributed by atoms with Gasteiger partial charge in [0, 0.05) is 12.1 Å². The highest BCUT2D eigenvalue weighted by Gasteiger charge is 2.23. The number of sulfonamides is 1. The lowest BCUT2D eigenvalue weighted by Gasteiger charge is -2.15. The van der Waals surface area contributed by atoms with Gasteiger partial charge in [0.15, 0.2) is 5.75 Å². The third-order valence-corrected chi connectivity index (χ3v) is 5.14. The molecule has 0 saturated carbocycles. The van der Waals surface area contributed by atoms with Crippen molar-refractivity contribution in [1.29, 1.82) is 0 Å². The molecule has 1 atom stereocenters. The van der Waals surface area contributed by atoms with Crippen LogP contribution in [0.5, 0.6) is 11.5 Å². The zero-order chi connectivity index (χ0) is 18.6. The van der Waals surface area contributed by atoms with E-state index in [2.05, 4.69) is 4.72 Å². The summed E-state index contributed by atoms with van der Waals surface area (Å²) in [5.74, 6) is 0.650. The highest BCUT2D eigenvalue weighted by atomic mass is 32.2. The second kappa shape index (κ2) is 7.49. The van der Waals surface area contributed by atoms with Crippen LogP contribution in [0.25, 0.3) is 0 Å². The van der Waals surface area contributed by atoms with Crippen molar-refractivity contribution in [2.75, 3.05) is 14.2 Å². The summed E-state index contributed by atoms with van der Waals surface area (Å²) in [7, 11) is -1.13. The summed E-state index contributed by atoms with van der Waals surface area (Å²) in [4.78, 5) is 10.2. The minimum absolute atomic E-state index is 0.00727. The molecule has 2 aromatic rings. The molecule has 0 aliphatic heterocycles. The van der Waals surface area contributed by atoms with Gasteiger partial charge in [-0.1, -0.05) is 12.1 Å². The molecular formula is C16H18N2O6S. The molecule has 0 aromatic heterocycles. The van der Waals surface area contributed by atoms with Crippen LogP contribution in [0, 0.1) is 10.1 Å². The van der Waals surface area contributed by atoms with Crippen molar-refractivity contribution >= 4 is 15.7 Å². The lowest BCUT2D eigenvalue weighted by molar-refractivity contribution is -0.386. The number of nitro groups is 1. The van der Waals surface area contributed by atoms with Crippen molar-refractivity contribution in [1.82, 2.24) is 4.72 Å². The number of ether oxygens (including phenoxy) is 2. The number of nitrogens with zero attached hydrogens (tertiary/aromatic N) is 1. The maximum atomic E-state index is 12.5. The summed E-state index contributed by atoms with van der Waals surface area (Å²) in [5.41, 5.74) is 0.315. The summed E-state index contributed by atoms with van der Waals surface area (Å²) < 4.78 is 37.5. The zero-order valence-corrected chi connectivity index (χ0v) is 14.7. The molecule has 134 valence electrons. The second-order valence-corrected chi connectivity index (χ2v) is 6.92. The van der Waals surface area contributed by atoms with Gasteiger partial charge in [-0.15, -0.1) is 0 Å². The Morgan fingerprint density at radius 1 is 1.08 bits per heavy atom. The topological polar surface area (TPSA) is 108 Å². The van der Waals surface area contributed by atoms with Crippen molar-refractivity contribution in [2.24, 2.45) is 0 Å². The van der Waals surface area contributed by atoms with E-state index < -0.39 is 26.7 Å². The van der Waals surface area contributed by atoms with E-state index in [0.717, 1.165) is 11.6 Å². The van der Waals surface area contributed by atoms with E-state index in [9.17, 15) is 18.5 Å². The largest absolute Gasteiger partial charge is 0.497 e. The molecule has 0 aliphatic carbocycles. The Hall–Kier alpha value is -2.65. The van der Waals surface area contributed by atoms with Crippen LogP contribution in [0.3, 0.4) is 0 Å². The first-order valence-corrected chi connectivity index (χ1v) is 8.75. The molecule has 0 heterocycles. The van der Waals surface area contributed by atoms with Gasteiger partial charge >= 0.3 is 5.69 Å². The SMILES string of the molecule is COc1ccc(C(C)NS(=O)(=O)c2ccc(OC)c([N+](=O)[O-])c2)cc1. The number of nitro benzene ring substituents is 1. The Morgan fingerprint density at radius 3 is 2.24 bits per heavy atom.